The van der Waals surface area contributed by atoms with Gasteiger partial charge in [-0.25, -0.2) is 0 Å². The van der Waals surface area contributed by atoms with E-state index in [1.807, 2.05) is 52.0 Å². The van der Waals surface area contributed by atoms with Crippen molar-refractivity contribution in [1.82, 2.24) is 4.90 Å². The van der Waals surface area contributed by atoms with Gasteiger partial charge in [-0.2, -0.15) is 0 Å². The number of halogens is 1. The highest BCUT2D eigenvalue weighted by atomic mass is 35.5. The van der Waals surface area contributed by atoms with Gasteiger partial charge in [0, 0.05) is 19.2 Å². The van der Waals surface area contributed by atoms with E-state index in [4.69, 9.17) is 10.5 Å². The Hall–Kier alpha value is -1.26. The molecule has 0 bridgehead atoms. The average Bonchev–Trinajstić information content (AvgIpc) is 2.38. The van der Waals surface area contributed by atoms with Gasteiger partial charge in [-0.15, -0.1) is 12.4 Å². The van der Waals surface area contributed by atoms with Crippen LogP contribution in [0.2, 0.25) is 0 Å². The van der Waals surface area contributed by atoms with Crippen LogP contribution in [0.25, 0.3) is 0 Å². The van der Waals surface area contributed by atoms with E-state index in [2.05, 4.69) is 0 Å². The summed E-state index contributed by atoms with van der Waals surface area (Å²) >= 11 is 0. The van der Waals surface area contributed by atoms with Gasteiger partial charge in [-0.05, 0) is 18.4 Å². The fourth-order valence-electron chi connectivity index (χ4n) is 1.87. The summed E-state index contributed by atoms with van der Waals surface area (Å²) in [7, 11) is 1.77. The monoisotopic (exact) mass is 314 g/mol. The molecule has 120 valence electrons. The zero-order valence-electron chi connectivity index (χ0n) is 13.6. The lowest BCUT2D eigenvalue weighted by molar-refractivity contribution is -0.134. The lowest BCUT2D eigenvalue weighted by Gasteiger charge is -2.30. The zero-order chi connectivity index (χ0) is 15.3. The lowest BCUT2D eigenvalue weighted by Crippen LogP contribution is -2.48. The molecule has 4 nitrogen and oxygen atoms in total. The molecule has 1 rings (SSSR count). The van der Waals surface area contributed by atoms with Gasteiger partial charge in [0.05, 0.1) is 12.6 Å². The summed E-state index contributed by atoms with van der Waals surface area (Å²) in [6, 6.07) is 7.25. The molecule has 21 heavy (non-hydrogen) atoms. The predicted molar refractivity (Wildman–Crippen MR) is 88.8 cm³/mol. The van der Waals surface area contributed by atoms with Crippen molar-refractivity contribution < 1.29 is 9.53 Å². The van der Waals surface area contributed by atoms with E-state index in [0.717, 1.165) is 11.3 Å². The largest absolute Gasteiger partial charge is 0.494 e. The van der Waals surface area contributed by atoms with E-state index in [1.54, 1.807) is 11.9 Å². The van der Waals surface area contributed by atoms with Crippen LogP contribution in [0.1, 0.15) is 33.3 Å². The molecule has 0 aliphatic heterocycles. The maximum Gasteiger partial charge on any atom is 0.240 e. The number of ether oxygens (including phenoxy) is 1. The Bertz CT molecular complexity index is 458. The van der Waals surface area contributed by atoms with E-state index < -0.39 is 6.04 Å². The Kier molecular flexibility index (Phi) is 7.75. The summed E-state index contributed by atoms with van der Waals surface area (Å²) in [5, 5.41) is 0. The highest BCUT2D eigenvalue weighted by Crippen LogP contribution is 2.22. The minimum atomic E-state index is -0.508. The van der Waals surface area contributed by atoms with Gasteiger partial charge in [-0.3, -0.25) is 4.79 Å². The first-order valence-corrected chi connectivity index (χ1v) is 6.98. The second kappa shape index (κ2) is 8.25. The Morgan fingerprint density at radius 1 is 1.33 bits per heavy atom. The molecule has 0 saturated carbocycles. The molecule has 0 radical (unpaired) electrons. The number of hydrogen-bond donors (Lipinski definition) is 1. The summed E-state index contributed by atoms with van der Waals surface area (Å²) in [5.41, 5.74) is 6.77. The number of para-hydroxylation sites is 1. The maximum absolute atomic E-state index is 12.3. The zero-order valence-corrected chi connectivity index (χ0v) is 14.4. The SMILES string of the molecule is CCOc1ccccc1CN(C)C(=O)[C@@H](N)C(C)(C)C.Cl. The van der Waals surface area contributed by atoms with Crippen molar-refractivity contribution in [3.63, 3.8) is 0 Å². The molecule has 1 aromatic rings. The highest BCUT2D eigenvalue weighted by Gasteiger charge is 2.29. The molecule has 5 heteroatoms. The molecule has 1 aromatic carbocycles. The van der Waals surface area contributed by atoms with Gasteiger partial charge in [0.15, 0.2) is 0 Å². The molecule has 1 amide bonds. The smallest absolute Gasteiger partial charge is 0.240 e. The predicted octanol–water partition coefficient (Wildman–Crippen LogP) is 2.84. The molecule has 0 aliphatic carbocycles. The van der Waals surface area contributed by atoms with Crippen molar-refractivity contribution in [2.24, 2.45) is 11.1 Å². The maximum atomic E-state index is 12.3. The molecule has 0 aliphatic rings. The summed E-state index contributed by atoms with van der Waals surface area (Å²) in [6.07, 6.45) is 0. The van der Waals surface area contributed by atoms with Gasteiger partial charge in [-0.1, -0.05) is 39.0 Å². The number of nitrogens with zero attached hydrogens (tertiary/aromatic N) is 1. The second-order valence-corrected chi connectivity index (χ2v) is 6.08. The Balaban J connectivity index is 0.00000400. The Morgan fingerprint density at radius 2 is 1.90 bits per heavy atom. The molecular formula is C16H27ClN2O2. The van der Waals surface area contributed by atoms with Crippen LogP contribution in [0, 0.1) is 5.41 Å². The van der Waals surface area contributed by atoms with Gasteiger partial charge in [0.1, 0.15) is 5.75 Å². The van der Waals surface area contributed by atoms with Crippen molar-refractivity contribution in [2.75, 3.05) is 13.7 Å². The summed E-state index contributed by atoms with van der Waals surface area (Å²) < 4.78 is 5.58. The topological polar surface area (TPSA) is 55.6 Å². The molecule has 0 fully saturated rings. The molecule has 2 N–H and O–H groups in total. The summed E-state index contributed by atoms with van der Waals surface area (Å²) in [6.45, 7) is 8.96. The van der Waals surface area contributed by atoms with Crippen molar-refractivity contribution in [1.29, 1.82) is 0 Å². The van der Waals surface area contributed by atoms with Crippen LogP contribution in [0.3, 0.4) is 0 Å². The lowest BCUT2D eigenvalue weighted by atomic mass is 9.86. The number of rotatable bonds is 5. The standard InChI is InChI=1S/C16H26N2O2.ClH/c1-6-20-13-10-8-7-9-12(13)11-18(5)15(19)14(17)16(2,3)4;/h7-10,14H,6,11,17H2,1-5H3;1H/t14-;/m1./s1. The number of carbonyl (C=O) groups is 1. The van der Waals surface area contributed by atoms with Gasteiger partial charge in [0.2, 0.25) is 5.91 Å². The van der Waals surface area contributed by atoms with Gasteiger partial charge >= 0.3 is 0 Å². The van der Waals surface area contributed by atoms with Crippen LogP contribution >= 0.6 is 12.4 Å². The van der Waals surface area contributed by atoms with E-state index in [0.29, 0.717) is 13.2 Å². The summed E-state index contributed by atoms with van der Waals surface area (Å²) in [4.78, 5) is 14.0. The van der Waals surface area contributed by atoms with Crippen LogP contribution in [0.15, 0.2) is 24.3 Å². The Morgan fingerprint density at radius 3 is 2.43 bits per heavy atom. The van der Waals surface area contributed by atoms with Gasteiger partial charge in [0.25, 0.3) is 0 Å². The van der Waals surface area contributed by atoms with Crippen LogP contribution < -0.4 is 10.5 Å². The van der Waals surface area contributed by atoms with Crippen LogP contribution in [0.4, 0.5) is 0 Å². The van der Waals surface area contributed by atoms with Crippen LogP contribution in [-0.2, 0) is 11.3 Å². The normalized spacial score (nSPS) is 12.3. The molecule has 0 aromatic heterocycles. The number of carbonyl (C=O) groups excluding carboxylic acids is 1. The molecule has 1 atom stereocenters. The van der Waals surface area contributed by atoms with Crippen molar-refractivity contribution in [2.45, 2.75) is 40.3 Å². The van der Waals surface area contributed by atoms with E-state index in [9.17, 15) is 4.79 Å². The number of nitrogens with two attached hydrogens (primary N) is 1. The third kappa shape index (κ3) is 5.56. The number of likely N-dealkylation sites (N-methyl/N-ethyl adjacent to an activating group) is 1. The third-order valence-electron chi connectivity index (χ3n) is 3.26. The third-order valence-corrected chi connectivity index (χ3v) is 3.26. The quantitative estimate of drug-likeness (QED) is 0.909. The molecule has 0 spiro atoms. The Labute approximate surface area is 134 Å². The van der Waals surface area contributed by atoms with Gasteiger partial charge < -0.3 is 15.4 Å². The number of hydrogen-bond acceptors (Lipinski definition) is 3. The molecular weight excluding hydrogens is 288 g/mol. The first kappa shape index (κ1) is 19.7. The van der Waals surface area contributed by atoms with E-state index in [1.165, 1.54) is 0 Å². The first-order chi connectivity index (χ1) is 9.27. The highest BCUT2D eigenvalue weighted by molar-refractivity contribution is 5.85. The second-order valence-electron chi connectivity index (χ2n) is 6.08. The number of amides is 1. The van der Waals surface area contributed by atoms with Crippen molar-refractivity contribution >= 4 is 18.3 Å². The average molecular weight is 315 g/mol. The first-order valence-electron chi connectivity index (χ1n) is 6.98. The molecule has 0 saturated heterocycles. The summed E-state index contributed by atoms with van der Waals surface area (Å²) in [5.74, 6) is 0.766. The minimum absolute atomic E-state index is 0. The molecule has 0 unspecified atom stereocenters. The fraction of sp³-hybridized carbons (Fsp3) is 0.562. The van der Waals surface area contributed by atoms with E-state index in [-0.39, 0.29) is 23.7 Å². The van der Waals surface area contributed by atoms with Crippen LogP contribution in [-0.4, -0.2) is 30.5 Å². The van der Waals surface area contributed by atoms with Crippen molar-refractivity contribution in [3.05, 3.63) is 29.8 Å². The van der Waals surface area contributed by atoms with Crippen molar-refractivity contribution in [3.8, 4) is 5.75 Å². The minimum Gasteiger partial charge on any atom is -0.494 e. The fourth-order valence-corrected chi connectivity index (χ4v) is 1.87. The van der Waals surface area contributed by atoms with E-state index >= 15 is 0 Å². The number of benzene rings is 1. The molecule has 0 heterocycles. The van der Waals surface area contributed by atoms with Crippen LogP contribution in [0.5, 0.6) is 5.75 Å².